The number of fused-ring (bicyclic) bond motifs is 3. The molecule has 14 heteroatoms. The first-order valence-electron chi connectivity index (χ1n) is 11.6. The topological polar surface area (TPSA) is 146 Å². The normalized spacial score (nSPS) is 33.9. The number of benzene rings is 1. The summed E-state index contributed by atoms with van der Waals surface area (Å²) in [5.41, 5.74) is 0.0353. The minimum Gasteiger partial charge on any atom is -0.447 e. The molecule has 0 radical (unpaired) electrons. The van der Waals surface area contributed by atoms with E-state index < -0.39 is 53.3 Å². The maximum absolute atomic E-state index is 16.2. The average Bonchev–Trinajstić information content (AvgIpc) is 3.48. The number of morpholine rings is 1. The Morgan fingerprint density at radius 3 is 2.92 bits per heavy atom. The fraction of sp³-hybridized carbons (Fsp3) is 0.500. The van der Waals surface area contributed by atoms with Crippen LogP contribution in [0.25, 0.3) is 11.0 Å². The van der Waals surface area contributed by atoms with Gasteiger partial charge in [0, 0.05) is 6.54 Å². The lowest BCUT2D eigenvalue weighted by atomic mass is 9.69. The molecule has 3 saturated heterocycles. The summed E-state index contributed by atoms with van der Waals surface area (Å²) in [6, 6.07) is -0.180. The van der Waals surface area contributed by atoms with Crippen molar-refractivity contribution in [1.82, 2.24) is 15.8 Å². The smallest absolute Gasteiger partial charge is 0.416 e. The number of anilines is 2. The van der Waals surface area contributed by atoms with E-state index in [9.17, 15) is 19.5 Å². The van der Waals surface area contributed by atoms with E-state index >= 15 is 4.39 Å². The first-order chi connectivity index (χ1) is 17.2. The van der Waals surface area contributed by atoms with Gasteiger partial charge in [0.25, 0.3) is 0 Å². The molecule has 12 nitrogen and oxygen atoms in total. The summed E-state index contributed by atoms with van der Waals surface area (Å²) < 4.78 is 32.8. The number of imide groups is 1. The SMILES string of the molecule is C[C@@H]1CN2c3c(cc4c(N5C(=O)OC[C@@H]5[C@@H](C)O)noc4c3F)CC34C(=O)NC(=O)NC3=P[C@H](O1)[C@@H]24. The van der Waals surface area contributed by atoms with Gasteiger partial charge in [-0.05, 0) is 40.1 Å². The third-order valence-electron chi connectivity index (χ3n) is 7.67. The number of nitrogens with zero attached hydrogens (tertiary/aromatic N) is 3. The van der Waals surface area contributed by atoms with Gasteiger partial charge >= 0.3 is 12.1 Å². The van der Waals surface area contributed by atoms with Crippen LogP contribution in [-0.2, 0) is 20.7 Å². The van der Waals surface area contributed by atoms with Crippen molar-refractivity contribution < 1.29 is 37.9 Å². The van der Waals surface area contributed by atoms with Crippen molar-refractivity contribution in [2.45, 2.75) is 50.4 Å². The van der Waals surface area contributed by atoms with Crippen molar-refractivity contribution in [2.24, 2.45) is 5.41 Å². The minimum atomic E-state index is -1.15. The predicted molar refractivity (Wildman–Crippen MR) is 123 cm³/mol. The van der Waals surface area contributed by atoms with Crippen LogP contribution in [0, 0.1) is 11.2 Å². The van der Waals surface area contributed by atoms with Crippen LogP contribution in [-0.4, -0.2) is 77.0 Å². The Balaban J connectivity index is 1.43. The van der Waals surface area contributed by atoms with Gasteiger partial charge in [0.05, 0.1) is 34.7 Å². The number of hydrogen-bond acceptors (Lipinski definition) is 9. The van der Waals surface area contributed by atoms with Crippen molar-refractivity contribution in [3.63, 3.8) is 0 Å². The second-order valence-electron chi connectivity index (χ2n) is 9.80. The molecule has 36 heavy (non-hydrogen) atoms. The molecule has 6 heterocycles. The number of amides is 4. The Hall–Kier alpha value is -3.28. The molecule has 1 aromatic heterocycles. The van der Waals surface area contributed by atoms with E-state index in [1.807, 2.05) is 11.8 Å². The van der Waals surface area contributed by atoms with Crippen molar-refractivity contribution in [3.8, 4) is 0 Å². The largest absolute Gasteiger partial charge is 0.447 e. The molecule has 188 valence electrons. The lowest BCUT2D eigenvalue weighted by Crippen LogP contribution is -2.72. The standard InChI is InChI=1S/C22H21FN5O7P/c1-7-5-27-13-9(4-22-15(27)17(34-7)36-19(22)25-20(31)24-18(22)30)3-10-14(12(13)23)35-26-16(10)28-11(8(2)29)6-33-21(28)32/h3,7-8,11,15,17,29H,4-6H2,1-2H3,(H2,24,25,30,31)/t7-,8-,11-,15-,17+,22?/m1/s1. The zero-order chi connectivity index (χ0) is 25.1. The number of nitrogens with one attached hydrogen (secondary N) is 2. The lowest BCUT2D eigenvalue weighted by molar-refractivity contribution is -0.130. The number of aromatic nitrogens is 1. The molecule has 1 aromatic carbocycles. The van der Waals surface area contributed by atoms with Crippen LogP contribution in [0.3, 0.4) is 0 Å². The van der Waals surface area contributed by atoms with E-state index in [0.29, 0.717) is 25.7 Å². The highest BCUT2D eigenvalue weighted by Gasteiger charge is 2.65. The van der Waals surface area contributed by atoms with Crippen LogP contribution in [0.5, 0.6) is 0 Å². The van der Waals surface area contributed by atoms with Crippen LogP contribution >= 0.6 is 8.20 Å². The summed E-state index contributed by atoms with van der Waals surface area (Å²) in [6.45, 7) is 3.67. The van der Waals surface area contributed by atoms with E-state index in [-0.39, 0.29) is 41.6 Å². The van der Waals surface area contributed by atoms with Gasteiger partial charge in [0.2, 0.25) is 11.5 Å². The zero-order valence-electron chi connectivity index (χ0n) is 19.1. The number of hydrogen-bond donors (Lipinski definition) is 3. The van der Waals surface area contributed by atoms with Crippen LogP contribution in [0.15, 0.2) is 10.6 Å². The summed E-state index contributed by atoms with van der Waals surface area (Å²) in [5.74, 6) is -1.52. The molecule has 4 amide bonds. The first kappa shape index (κ1) is 22.0. The van der Waals surface area contributed by atoms with E-state index in [4.69, 9.17) is 14.0 Å². The molecule has 0 saturated carbocycles. The number of aliphatic hydroxyl groups is 1. The van der Waals surface area contributed by atoms with Gasteiger partial charge in [-0.2, -0.15) is 0 Å². The van der Waals surface area contributed by atoms with Gasteiger partial charge in [-0.25, -0.2) is 18.9 Å². The van der Waals surface area contributed by atoms with Crippen molar-refractivity contribution >= 4 is 54.1 Å². The van der Waals surface area contributed by atoms with Crippen molar-refractivity contribution in [3.05, 3.63) is 17.4 Å². The van der Waals surface area contributed by atoms with E-state index in [1.54, 1.807) is 6.07 Å². The highest BCUT2D eigenvalue weighted by atomic mass is 31.1. The van der Waals surface area contributed by atoms with Gasteiger partial charge in [0.1, 0.15) is 23.9 Å². The summed E-state index contributed by atoms with van der Waals surface area (Å²) in [6.07, 6.45) is -1.81. The molecule has 6 atom stereocenters. The van der Waals surface area contributed by atoms with Crippen LogP contribution in [0.1, 0.15) is 19.4 Å². The predicted octanol–water partition coefficient (Wildman–Crippen LogP) is 1.06. The third kappa shape index (κ3) is 2.62. The first-order valence-corrected chi connectivity index (χ1v) is 12.5. The van der Waals surface area contributed by atoms with Gasteiger partial charge < -0.3 is 29.3 Å². The summed E-state index contributed by atoms with van der Waals surface area (Å²) >= 11 is 0. The van der Waals surface area contributed by atoms with Crippen LogP contribution < -0.4 is 20.4 Å². The fourth-order valence-corrected chi connectivity index (χ4v) is 7.94. The quantitative estimate of drug-likeness (QED) is 0.498. The molecule has 5 aliphatic heterocycles. The molecule has 0 bridgehead atoms. The second kappa shape index (κ2) is 7.15. The molecular formula is C22H21FN5O7P. The van der Waals surface area contributed by atoms with Crippen molar-refractivity contribution in [1.29, 1.82) is 0 Å². The number of carbonyl (C=O) groups excluding carboxylic acids is 3. The number of ether oxygens (including phenoxy) is 2. The fourth-order valence-electron chi connectivity index (χ4n) is 6.15. The number of rotatable bonds is 2. The Morgan fingerprint density at radius 2 is 2.14 bits per heavy atom. The minimum absolute atomic E-state index is 0.0306. The lowest BCUT2D eigenvalue weighted by Gasteiger charge is -2.53. The second-order valence-corrected chi connectivity index (χ2v) is 11.0. The molecular weight excluding hydrogens is 496 g/mol. The summed E-state index contributed by atoms with van der Waals surface area (Å²) in [7, 11) is 0.655. The Morgan fingerprint density at radius 1 is 1.33 bits per heavy atom. The zero-order valence-corrected chi connectivity index (χ0v) is 20.0. The van der Waals surface area contributed by atoms with Crippen molar-refractivity contribution in [2.75, 3.05) is 23.0 Å². The Labute approximate surface area is 204 Å². The summed E-state index contributed by atoms with van der Waals surface area (Å²) in [4.78, 5) is 41.0. The van der Waals surface area contributed by atoms with Crippen LogP contribution in [0.2, 0.25) is 0 Å². The van der Waals surface area contributed by atoms with E-state index in [2.05, 4.69) is 15.8 Å². The highest BCUT2D eigenvalue weighted by molar-refractivity contribution is 7.42. The van der Waals surface area contributed by atoms with Gasteiger partial charge in [-0.1, -0.05) is 5.16 Å². The molecule has 3 N–H and O–H groups in total. The molecule has 7 rings (SSSR count). The number of carbonyl (C=O) groups is 3. The molecule has 5 aliphatic rings. The monoisotopic (exact) mass is 517 g/mol. The van der Waals surface area contributed by atoms with E-state index in [1.165, 1.54) is 11.8 Å². The van der Waals surface area contributed by atoms with Gasteiger partial charge in [-0.3, -0.25) is 10.1 Å². The number of cyclic esters (lactones) is 1. The molecule has 1 spiro atoms. The third-order valence-corrected chi connectivity index (χ3v) is 9.09. The molecule has 3 fully saturated rings. The maximum Gasteiger partial charge on any atom is 0.416 e. The number of halogens is 1. The average molecular weight is 517 g/mol. The maximum atomic E-state index is 16.2. The Bertz CT molecular complexity index is 1410. The van der Waals surface area contributed by atoms with E-state index in [0.717, 1.165) is 0 Å². The Kier molecular flexibility index (Phi) is 4.36. The number of aliphatic hydroxyl groups excluding tert-OH is 1. The molecule has 2 aromatic rings. The van der Waals surface area contributed by atoms with Gasteiger partial charge in [0.15, 0.2) is 11.6 Å². The molecule has 0 aliphatic carbocycles. The van der Waals surface area contributed by atoms with Crippen LogP contribution in [0.4, 0.5) is 25.5 Å². The molecule has 1 unspecified atom stereocenters. The summed E-state index contributed by atoms with van der Waals surface area (Å²) in [5, 5.41) is 19.5. The number of urea groups is 1. The van der Waals surface area contributed by atoms with Gasteiger partial charge in [-0.15, -0.1) is 0 Å². The highest BCUT2D eigenvalue weighted by Crippen LogP contribution is 2.55.